The van der Waals surface area contributed by atoms with Crippen LogP contribution in [-0.4, -0.2) is 12.0 Å². The number of hydrogen-bond donors (Lipinski definition) is 1. The second kappa shape index (κ2) is 6.82. The average molecular weight is 313 g/mol. The first kappa shape index (κ1) is 15.5. The lowest BCUT2D eigenvalue weighted by atomic mass is 9.90. The summed E-state index contributed by atoms with van der Waals surface area (Å²) in [5, 5.41) is 2.96. The van der Waals surface area contributed by atoms with Crippen LogP contribution in [0.15, 0.2) is 42.5 Å². The zero-order valence-electron chi connectivity index (χ0n) is 13.1. The van der Waals surface area contributed by atoms with Gasteiger partial charge < -0.3 is 10.1 Å². The number of hydrogen-bond acceptors (Lipinski definition) is 2. The third kappa shape index (κ3) is 3.70. The minimum absolute atomic E-state index is 0.201. The van der Waals surface area contributed by atoms with Gasteiger partial charge in [-0.15, -0.1) is 0 Å². The van der Waals surface area contributed by atoms with E-state index in [1.165, 1.54) is 41.8 Å². The molecular formula is C19H20FNO2. The molecule has 0 saturated heterocycles. The van der Waals surface area contributed by atoms with Crippen molar-refractivity contribution in [1.82, 2.24) is 0 Å². The van der Waals surface area contributed by atoms with Crippen molar-refractivity contribution in [2.24, 2.45) is 0 Å². The third-order valence-corrected chi connectivity index (χ3v) is 4.15. The van der Waals surface area contributed by atoms with Crippen LogP contribution in [0.1, 0.15) is 30.9 Å². The zero-order chi connectivity index (χ0) is 16.2. The lowest BCUT2D eigenvalue weighted by molar-refractivity contribution is -0.122. The van der Waals surface area contributed by atoms with Crippen molar-refractivity contribution in [1.29, 1.82) is 0 Å². The summed E-state index contributed by atoms with van der Waals surface area (Å²) in [5.41, 5.74) is 3.43. The average Bonchev–Trinajstić information content (AvgIpc) is 2.57. The Bertz CT molecular complexity index is 697. The molecule has 0 aliphatic heterocycles. The molecular weight excluding hydrogens is 293 g/mol. The molecule has 1 N–H and O–H groups in total. The van der Waals surface area contributed by atoms with Gasteiger partial charge in [-0.3, -0.25) is 4.79 Å². The summed E-state index contributed by atoms with van der Waals surface area (Å²) in [6, 6.07) is 11.7. The molecule has 1 aliphatic rings. The number of nitrogens with one attached hydrogen (secondary N) is 1. The first-order valence-electron chi connectivity index (χ1n) is 7.97. The number of carbonyl (C=O) groups excluding carboxylic acids is 1. The van der Waals surface area contributed by atoms with Crippen LogP contribution in [0.3, 0.4) is 0 Å². The van der Waals surface area contributed by atoms with Crippen molar-refractivity contribution in [3.05, 3.63) is 59.4 Å². The molecule has 0 saturated carbocycles. The van der Waals surface area contributed by atoms with Gasteiger partial charge >= 0.3 is 0 Å². The van der Waals surface area contributed by atoms with Crippen LogP contribution in [-0.2, 0) is 17.6 Å². The largest absolute Gasteiger partial charge is 0.481 e. The summed E-state index contributed by atoms with van der Waals surface area (Å²) in [4.78, 5) is 12.4. The summed E-state index contributed by atoms with van der Waals surface area (Å²) < 4.78 is 18.5. The number of fused-ring (bicyclic) bond motifs is 1. The molecule has 0 fully saturated rings. The van der Waals surface area contributed by atoms with E-state index in [2.05, 4.69) is 11.4 Å². The molecule has 1 unspecified atom stereocenters. The number of amides is 1. The van der Waals surface area contributed by atoms with Crippen LogP contribution >= 0.6 is 0 Å². The molecule has 0 aromatic heterocycles. The highest BCUT2D eigenvalue weighted by atomic mass is 19.1. The van der Waals surface area contributed by atoms with Crippen molar-refractivity contribution in [3.8, 4) is 5.75 Å². The molecule has 3 nitrogen and oxygen atoms in total. The third-order valence-electron chi connectivity index (χ3n) is 4.15. The monoisotopic (exact) mass is 313 g/mol. The number of anilines is 1. The van der Waals surface area contributed by atoms with Gasteiger partial charge in [0.05, 0.1) is 0 Å². The zero-order valence-corrected chi connectivity index (χ0v) is 13.1. The highest BCUT2D eigenvalue weighted by Gasteiger charge is 2.18. The highest BCUT2D eigenvalue weighted by molar-refractivity contribution is 5.95. The summed E-state index contributed by atoms with van der Waals surface area (Å²) in [6.45, 7) is 1.69. The highest BCUT2D eigenvalue weighted by Crippen LogP contribution is 2.28. The second-order valence-electron chi connectivity index (χ2n) is 5.85. The van der Waals surface area contributed by atoms with Crippen molar-refractivity contribution in [2.45, 2.75) is 38.7 Å². The fourth-order valence-electron chi connectivity index (χ4n) is 2.90. The summed E-state index contributed by atoms with van der Waals surface area (Å²) in [7, 11) is 0. The minimum Gasteiger partial charge on any atom is -0.481 e. The van der Waals surface area contributed by atoms with Gasteiger partial charge in [-0.1, -0.05) is 12.1 Å². The van der Waals surface area contributed by atoms with Crippen LogP contribution < -0.4 is 10.1 Å². The van der Waals surface area contributed by atoms with Gasteiger partial charge in [-0.05, 0) is 74.1 Å². The fourth-order valence-corrected chi connectivity index (χ4v) is 2.90. The molecule has 0 spiro atoms. The molecule has 120 valence electrons. The summed E-state index contributed by atoms with van der Waals surface area (Å²) >= 11 is 0. The van der Waals surface area contributed by atoms with Crippen LogP contribution in [0.4, 0.5) is 10.1 Å². The minimum atomic E-state index is -0.653. The van der Waals surface area contributed by atoms with E-state index in [4.69, 9.17) is 4.74 Å². The van der Waals surface area contributed by atoms with Gasteiger partial charge in [0.1, 0.15) is 11.6 Å². The Labute approximate surface area is 135 Å². The van der Waals surface area contributed by atoms with Gasteiger partial charge in [-0.2, -0.15) is 0 Å². The van der Waals surface area contributed by atoms with E-state index in [-0.39, 0.29) is 11.7 Å². The van der Waals surface area contributed by atoms with E-state index in [9.17, 15) is 9.18 Å². The number of rotatable bonds is 4. The van der Waals surface area contributed by atoms with Crippen LogP contribution in [0, 0.1) is 5.82 Å². The van der Waals surface area contributed by atoms with E-state index in [1.807, 2.05) is 12.1 Å². The van der Waals surface area contributed by atoms with Crippen molar-refractivity contribution >= 4 is 11.6 Å². The summed E-state index contributed by atoms with van der Waals surface area (Å²) in [5.74, 6) is -0.0530. The van der Waals surface area contributed by atoms with E-state index in [1.54, 1.807) is 6.92 Å². The Morgan fingerprint density at radius 3 is 2.65 bits per heavy atom. The summed E-state index contributed by atoms with van der Waals surface area (Å²) in [6.07, 6.45) is 3.77. The van der Waals surface area contributed by atoms with Crippen molar-refractivity contribution in [3.63, 3.8) is 0 Å². The van der Waals surface area contributed by atoms with Gasteiger partial charge in [0.2, 0.25) is 0 Å². The number of halogens is 1. The maximum Gasteiger partial charge on any atom is 0.265 e. The first-order valence-corrected chi connectivity index (χ1v) is 7.97. The van der Waals surface area contributed by atoms with Crippen molar-refractivity contribution < 1.29 is 13.9 Å². The molecule has 0 radical (unpaired) electrons. The molecule has 2 aromatic carbocycles. The van der Waals surface area contributed by atoms with E-state index < -0.39 is 6.10 Å². The van der Waals surface area contributed by atoms with Gasteiger partial charge in [-0.25, -0.2) is 4.39 Å². The maximum atomic E-state index is 12.9. The molecule has 3 rings (SSSR count). The Hall–Kier alpha value is -2.36. The SMILES string of the molecule is CC(Oc1ccc(F)cc1)C(=O)Nc1cccc2c1CCCC2. The Morgan fingerprint density at radius 2 is 1.87 bits per heavy atom. The first-order chi connectivity index (χ1) is 11.1. The molecule has 1 atom stereocenters. The predicted octanol–water partition coefficient (Wildman–Crippen LogP) is 4.11. The van der Waals surface area contributed by atoms with Gasteiger partial charge in [0, 0.05) is 5.69 Å². The topological polar surface area (TPSA) is 38.3 Å². The Kier molecular flexibility index (Phi) is 4.60. The number of ether oxygens (including phenoxy) is 1. The molecule has 4 heteroatoms. The normalized spacial score (nSPS) is 14.7. The Balaban J connectivity index is 1.68. The Morgan fingerprint density at radius 1 is 1.13 bits per heavy atom. The van der Waals surface area contributed by atoms with Gasteiger partial charge in [0.15, 0.2) is 6.10 Å². The molecule has 1 amide bonds. The fraction of sp³-hybridized carbons (Fsp3) is 0.316. The van der Waals surface area contributed by atoms with Crippen molar-refractivity contribution in [2.75, 3.05) is 5.32 Å². The molecule has 0 bridgehead atoms. The van der Waals surface area contributed by atoms with Crippen LogP contribution in [0.25, 0.3) is 0 Å². The van der Waals surface area contributed by atoms with E-state index >= 15 is 0 Å². The molecule has 23 heavy (non-hydrogen) atoms. The van der Waals surface area contributed by atoms with Gasteiger partial charge in [0.25, 0.3) is 5.91 Å². The lowest BCUT2D eigenvalue weighted by Crippen LogP contribution is -2.30. The molecule has 1 aliphatic carbocycles. The van der Waals surface area contributed by atoms with Crippen LogP contribution in [0.5, 0.6) is 5.75 Å². The standard InChI is InChI=1S/C19H20FNO2/c1-13(23-16-11-9-15(20)10-12-16)19(22)21-18-8-4-6-14-5-2-3-7-17(14)18/h4,6,8-13H,2-3,5,7H2,1H3,(H,21,22). The number of benzene rings is 2. The maximum absolute atomic E-state index is 12.9. The van der Waals surface area contributed by atoms with Crippen LogP contribution in [0.2, 0.25) is 0 Å². The lowest BCUT2D eigenvalue weighted by Gasteiger charge is -2.21. The van der Waals surface area contributed by atoms with E-state index in [0.717, 1.165) is 24.9 Å². The smallest absolute Gasteiger partial charge is 0.265 e. The number of aryl methyl sites for hydroxylation is 1. The molecule has 0 heterocycles. The second-order valence-corrected chi connectivity index (χ2v) is 5.85. The number of carbonyl (C=O) groups is 1. The quantitative estimate of drug-likeness (QED) is 0.922. The molecule has 2 aromatic rings. The predicted molar refractivity (Wildman–Crippen MR) is 88.2 cm³/mol. The van der Waals surface area contributed by atoms with E-state index in [0.29, 0.717) is 5.75 Å².